The number of carboxylic acids is 1. The Morgan fingerprint density at radius 2 is 1.44 bits per heavy atom. The molecule has 0 radical (unpaired) electrons. The first-order valence-electron chi connectivity index (χ1n) is 8.33. The van der Waals surface area contributed by atoms with Gasteiger partial charge in [-0.2, -0.15) is 0 Å². The molecule has 4 N–H and O–H groups in total. The van der Waals surface area contributed by atoms with E-state index in [1.165, 1.54) is 0 Å². The lowest BCUT2D eigenvalue weighted by Crippen LogP contribution is -2.49. The first-order valence-corrected chi connectivity index (χ1v) is 8.33. The third-order valence-electron chi connectivity index (χ3n) is 3.72. The molecule has 6 heteroatoms. The summed E-state index contributed by atoms with van der Waals surface area (Å²) >= 11 is 0. The number of hydrogen-bond acceptors (Lipinski definition) is 4. The van der Waals surface area contributed by atoms with Crippen molar-refractivity contribution in [2.75, 3.05) is 0 Å². The minimum atomic E-state index is -1.14. The van der Waals surface area contributed by atoms with E-state index in [-0.39, 0.29) is 23.5 Å². The summed E-state index contributed by atoms with van der Waals surface area (Å²) in [6.07, 6.45) is 0. The molecule has 2 unspecified atom stereocenters. The monoisotopic (exact) mass is 350 g/mol. The second-order valence-corrected chi connectivity index (χ2v) is 6.68. The van der Waals surface area contributed by atoms with E-state index in [2.05, 4.69) is 5.32 Å². The zero-order valence-electron chi connectivity index (χ0n) is 15.9. The van der Waals surface area contributed by atoms with Crippen LogP contribution in [0.25, 0.3) is 0 Å². The van der Waals surface area contributed by atoms with Gasteiger partial charge in [-0.05, 0) is 19.4 Å². The van der Waals surface area contributed by atoms with Crippen LogP contribution in [0.15, 0.2) is 24.3 Å². The molecule has 0 heterocycles. The van der Waals surface area contributed by atoms with Crippen molar-refractivity contribution in [3.05, 3.63) is 35.4 Å². The summed E-state index contributed by atoms with van der Waals surface area (Å²) in [5.74, 6) is -1.27. The standard InChI is InChI=1S/C14H20N2O3.C5H10O/c1-8(2)13(17)16-12(14(18)19)11(15)10-6-4-9(3)5-7-10;1-4(2)5(3)6/h4-8,11-12H,15H2,1-3H3,(H,16,17)(H,18,19);4H,1-3H3. The van der Waals surface area contributed by atoms with Crippen LogP contribution in [0.2, 0.25) is 0 Å². The van der Waals surface area contributed by atoms with Gasteiger partial charge in [0.1, 0.15) is 11.8 Å². The highest BCUT2D eigenvalue weighted by atomic mass is 16.4. The van der Waals surface area contributed by atoms with E-state index in [1.54, 1.807) is 32.9 Å². The third-order valence-corrected chi connectivity index (χ3v) is 3.72. The Hall–Kier alpha value is -2.21. The molecule has 25 heavy (non-hydrogen) atoms. The maximum atomic E-state index is 11.6. The molecule has 1 amide bonds. The molecule has 0 aliphatic rings. The Kier molecular flexibility index (Phi) is 9.67. The molecule has 1 aromatic carbocycles. The smallest absolute Gasteiger partial charge is 0.328 e. The Morgan fingerprint density at radius 1 is 1.00 bits per heavy atom. The van der Waals surface area contributed by atoms with E-state index in [4.69, 9.17) is 5.73 Å². The van der Waals surface area contributed by atoms with Gasteiger partial charge in [-0.3, -0.25) is 9.59 Å². The number of amides is 1. The Morgan fingerprint density at radius 3 is 1.76 bits per heavy atom. The molecule has 2 atom stereocenters. The average Bonchev–Trinajstić information content (AvgIpc) is 2.52. The van der Waals surface area contributed by atoms with Crippen molar-refractivity contribution in [3.8, 4) is 0 Å². The van der Waals surface area contributed by atoms with Crippen molar-refractivity contribution in [2.24, 2.45) is 17.6 Å². The van der Waals surface area contributed by atoms with Crippen molar-refractivity contribution in [1.29, 1.82) is 0 Å². The van der Waals surface area contributed by atoms with Crippen molar-refractivity contribution in [1.82, 2.24) is 5.32 Å². The van der Waals surface area contributed by atoms with E-state index < -0.39 is 18.1 Å². The highest BCUT2D eigenvalue weighted by molar-refractivity contribution is 5.85. The van der Waals surface area contributed by atoms with Gasteiger partial charge in [-0.1, -0.05) is 57.5 Å². The summed E-state index contributed by atoms with van der Waals surface area (Å²) in [7, 11) is 0. The maximum absolute atomic E-state index is 11.6. The number of rotatable bonds is 6. The Bertz CT molecular complexity index is 580. The molecule has 1 rings (SSSR count). The van der Waals surface area contributed by atoms with E-state index in [1.807, 2.05) is 32.9 Å². The minimum absolute atomic E-state index is 0.213. The van der Waals surface area contributed by atoms with Crippen LogP contribution in [-0.2, 0) is 14.4 Å². The lowest BCUT2D eigenvalue weighted by Gasteiger charge is -2.22. The van der Waals surface area contributed by atoms with Gasteiger partial charge < -0.3 is 16.2 Å². The number of ketones is 1. The number of carboxylic acid groups (broad SMARTS) is 1. The number of nitrogens with one attached hydrogen (secondary N) is 1. The second-order valence-electron chi connectivity index (χ2n) is 6.68. The summed E-state index contributed by atoms with van der Waals surface area (Å²) in [5, 5.41) is 11.7. The van der Waals surface area contributed by atoms with Gasteiger partial charge in [0, 0.05) is 11.8 Å². The van der Waals surface area contributed by atoms with Gasteiger partial charge in [-0.25, -0.2) is 4.79 Å². The summed E-state index contributed by atoms with van der Waals surface area (Å²) in [6.45, 7) is 10.7. The van der Waals surface area contributed by atoms with Crippen LogP contribution >= 0.6 is 0 Å². The second kappa shape index (κ2) is 10.6. The predicted molar refractivity (Wildman–Crippen MR) is 98.0 cm³/mol. The number of aliphatic carboxylic acids is 1. The fourth-order valence-electron chi connectivity index (χ4n) is 1.61. The highest BCUT2D eigenvalue weighted by Gasteiger charge is 2.28. The zero-order chi connectivity index (χ0) is 19.7. The molecule has 0 saturated carbocycles. The van der Waals surface area contributed by atoms with Crippen molar-refractivity contribution in [2.45, 2.75) is 53.6 Å². The number of nitrogens with two attached hydrogens (primary N) is 1. The molecule has 140 valence electrons. The van der Waals surface area contributed by atoms with Gasteiger partial charge in [0.25, 0.3) is 0 Å². The largest absolute Gasteiger partial charge is 0.480 e. The Balaban J connectivity index is 0.000000823. The van der Waals surface area contributed by atoms with Crippen LogP contribution in [0.4, 0.5) is 0 Å². The van der Waals surface area contributed by atoms with Crippen LogP contribution in [0.1, 0.15) is 51.8 Å². The first kappa shape index (κ1) is 22.8. The maximum Gasteiger partial charge on any atom is 0.328 e. The number of carbonyl (C=O) groups excluding carboxylic acids is 2. The van der Waals surface area contributed by atoms with Crippen LogP contribution < -0.4 is 11.1 Å². The van der Waals surface area contributed by atoms with Crippen LogP contribution in [0.5, 0.6) is 0 Å². The van der Waals surface area contributed by atoms with Crippen molar-refractivity contribution in [3.63, 3.8) is 0 Å². The Labute approximate surface area is 149 Å². The summed E-state index contributed by atoms with van der Waals surface area (Å²) < 4.78 is 0. The van der Waals surface area contributed by atoms with E-state index in [0.717, 1.165) is 5.56 Å². The van der Waals surface area contributed by atoms with E-state index in [0.29, 0.717) is 5.56 Å². The summed E-state index contributed by atoms with van der Waals surface area (Å²) in [5.41, 5.74) is 7.69. The predicted octanol–water partition coefficient (Wildman–Crippen LogP) is 2.45. The molecule has 0 saturated heterocycles. The molecule has 0 aliphatic heterocycles. The lowest BCUT2D eigenvalue weighted by atomic mass is 9.98. The number of benzene rings is 1. The van der Waals surface area contributed by atoms with Gasteiger partial charge in [0.2, 0.25) is 5.91 Å². The number of carbonyl (C=O) groups is 3. The number of aryl methyl sites for hydroxylation is 1. The van der Waals surface area contributed by atoms with Crippen molar-refractivity contribution >= 4 is 17.7 Å². The number of hydrogen-bond donors (Lipinski definition) is 3. The third kappa shape index (κ3) is 8.44. The quantitative estimate of drug-likeness (QED) is 0.730. The highest BCUT2D eigenvalue weighted by Crippen LogP contribution is 2.16. The number of Topliss-reactive ketones (excluding diaryl/α,β-unsaturated/α-hetero) is 1. The topological polar surface area (TPSA) is 109 Å². The molecular weight excluding hydrogens is 320 g/mol. The molecule has 0 aromatic heterocycles. The van der Waals surface area contributed by atoms with Gasteiger partial charge >= 0.3 is 5.97 Å². The SMILES string of the molecule is CC(=O)C(C)C.Cc1ccc(C(N)C(NC(=O)C(C)C)C(=O)O)cc1. The fourth-order valence-corrected chi connectivity index (χ4v) is 1.61. The lowest BCUT2D eigenvalue weighted by molar-refractivity contribution is -0.143. The van der Waals surface area contributed by atoms with Crippen LogP contribution in [0, 0.1) is 18.8 Å². The van der Waals surface area contributed by atoms with Gasteiger partial charge in [0.15, 0.2) is 0 Å². The molecule has 0 spiro atoms. The van der Waals surface area contributed by atoms with Crippen molar-refractivity contribution < 1.29 is 19.5 Å². The van der Waals surface area contributed by atoms with E-state index >= 15 is 0 Å². The van der Waals surface area contributed by atoms with Crippen LogP contribution in [0.3, 0.4) is 0 Å². The molecular formula is C19H30N2O4. The first-order chi connectivity index (χ1) is 11.5. The average molecular weight is 350 g/mol. The van der Waals surface area contributed by atoms with Gasteiger partial charge in [-0.15, -0.1) is 0 Å². The van der Waals surface area contributed by atoms with Crippen LogP contribution in [-0.4, -0.2) is 28.8 Å². The van der Waals surface area contributed by atoms with Gasteiger partial charge in [0.05, 0.1) is 6.04 Å². The minimum Gasteiger partial charge on any atom is -0.480 e. The molecule has 0 bridgehead atoms. The summed E-state index contributed by atoms with van der Waals surface area (Å²) in [6, 6.07) is 5.37. The summed E-state index contributed by atoms with van der Waals surface area (Å²) in [4.78, 5) is 33.0. The molecule has 1 aromatic rings. The van der Waals surface area contributed by atoms with E-state index in [9.17, 15) is 19.5 Å². The fraction of sp³-hybridized carbons (Fsp3) is 0.526. The normalized spacial score (nSPS) is 12.8. The molecule has 6 nitrogen and oxygen atoms in total. The zero-order valence-corrected chi connectivity index (χ0v) is 15.9. The molecule has 0 fully saturated rings. The molecule has 0 aliphatic carbocycles.